The molecule has 0 bridgehead atoms. The van der Waals surface area contributed by atoms with Crippen molar-refractivity contribution in [3.8, 4) is 17.2 Å². The van der Waals surface area contributed by atoms with E-state index in [1.165, 1.54) is 12.1 Å². The normalized spacial score (nSPS) is 20.7. The molecule has 4 nitrogen and oxygen atoms in total. The van der Waals surface area contributed by atoms with E-state index in [1.807, 2.05) is 37.3 Å². The first kappa shape index (κ1) is 24.3. The first-order valence-corrected chi connectivity index (χ1v) is 12.4. The Morgan fingerprint density at radius 1 is 1.11 bits per heavy atom. The lowest BCUT2D eigenvalue weighted by atomic mass is 9.86. The van der Waals surface area contributed by atoms with Gasteiger partial charge in [0.15, 0.2) is 0 Å². The average molecular weight is 492 g/mol. The molecule has 3 aromatic carbocycles. The van der Waals surface area contributed by atoms with Crippen LogP contribution in [-0.2, 0) is 0 Å². The predicted octanol–water partition coefficient (Wildman–Crippen LogP) is 6.65. The molecule has 0 saturated carbocycles. The van der Waals surface area contributed by atoms with E-state index in [0.717, 1.165) is 53.1 Å². The van der Waals surface area contributed by atoms with Gasteiger partial charge in [0.2, 0.25) is 0 Å². The van der Waals surface area contributed by atoms with Crippen LogP contribution in [0.3, 0.4) is 0 Å². The summed E-state index contributed by atoms with van der Waals surface area (Å²) in [5, 5.41) is 10.0. The van der Waals surface area contributed by atoms with Crippen LogP contribution in [0.5, 0.6) is 17.2 Å². The van der Waals surface area contributed by atoms with Crippen LogP contribution >= 0.6 is 0 Å². The lowest BCUT2D eigenvalue weighted by Gasteiger charge is -2.31. The number of nitrogens with zero attached hydrogens (tertiary/aromatic N) is 1. The van der Waals surface area contributed by atoms with Gasteiger partial charge < -0.3 is 14.6 Å². The molecule has 1 N–H and O–H groups in total. The molecule has 0 aromatic heterocycles. The van der Waals surface area contributed by atoms with E-state index in [2.05, 4.69) is 11.8 Å². The Hall–Kier alpha value is -3.38. The monoisotopic (exact) mass is 491 g/mol. The maximum absolute atomic E-state index is 14.2. The molecule has 3 aromatic rings. The Labute approximate surface area is 210 Å². The highest BCUT2D eigenvalue weighted by Gasteiger charge is 2.30. The van der Waals surface area contributed by atoms with Crippen molar-refractivity contribution >= 4 is 11.1 Å². The van der Waals surface area contributed by atoms with E-state index in [1.54, 1.807) is 24.3 Å². The summed E-state index contributed by atoms with van der Waals surface area (Å²) in [6.45, 7) is 6.05. The van der Waals surface area contributed by atoms with E-state index in [-0.39, 0.29) is 30.2 Å². The molecular weight excluding hydrogens is 460 g/mol. The number of hydrogen-bond acceptors (Lipinski definition) is 4. The van der Waals surface area contributed by atoms with Crippen molar-refractivity contribution in [3.05, 3.63) is 89.2 Å². The van der Waals surface area contributed by atoms with Crippen LogP contribution in [0.2, 0.25) is 0 Å². The second-order valence-electron chi connectivity index (χ2n) is 9.76. The van der Waals surface area contributed by atoms with Gasteiger partial charge in [-0.1, -0.05) is 24.3 Å². The van der Waals surface area contributed by atoms with Crippen LogP contribution in [0.1, 0.15) is 43.1 Å². The average Bonchev–Trinajstić information content (AvgIpc) is 3.37. The Kier molecular flexibility index (Phi) is 6.97. The van der Waals surface area contributed by atoms with Gasteiger partial charge in [-0.05, 0) is 86.0 Å². The fraction of sp³-hybridized carbons (Fsp3) is 0.333. The summed E-state index contributed by atoms with van der Waals surface area (Å²) in [6, 6.07) is 19.5. The van der Waals surface area contributed by atoms with Gasteiger partial charge in [-0.2, -0.15) is 0 Å². The second kappa shape index (κ2) is 10.3. The number of aromatic hydroxyl groups is 1. The largest absolute Gasteiger partial charge is 0.508 e. The van der Waals surface area contributed by atoms with Crippen LogP contribution in [-0.4, -0.2) is 42.4 Å². The van der Waals surface area contributed by atoms with Gasteiger partial charge >= 0.3 is 0 Å². The topological polar surface area (TPSA) is 41.9 Å². The lowest BCUT2D eigenvalue weighted by molar-refractivity contribution is 0.165. The molecule has 2 aliphatic rings. The number of rotatable bonds is 7. The van der Waals surface area contributed by atoms with E-state index in [4.69, 9.17) is 9.47 Å². The summed E-state index contributed by atoms with van der Waals surface area (Å²) in [5.41, 5.74) is 4.22. The Morgan fingerprint density at radius 2 is 1.92 bits per heavy atom. The standard InChI is InChI=1S/C30H31F2NO3/c1-19(33-13-12-21(16-31)17-33)18-35-26-9-6-22(7-10-26)30-29(23-4-3-5-24(32)14-23)20(2)27-15-25(34)8-11-28(27)36-30/h3-11,14-15,19,21,30,34H,12-13,16-18H2,1-2H3/t19-,21-,30?/m0/s1. The number of allylic oxidation sites excluding steroid dienone is 1. The van der Waals surface area contributed by atoms with Gasteiger partial charge in [0.05, 0.1) is 6.67 Å². The third-order valence-electron chi connectivity index (χ3n) is 7.25. The van der Waals surface area contributed by atoms with Crippen LogP contribution < -0.4 is 9.47 Å². The molecule has 5 rings (SSSR count). The summed E-state index contributed by atoms with van der Waals surface area (Å²) in [4.78, 5) is 2.28. The first-order valence-electron chi connectivity index (χ1n) is 12.4. The zero-order chi connectivity index (χ0) is 25.2. The van der Waals surface area contributed by atoms with Gasteiger partial charge in [-0.15, -0.1) is 0 Å². The molecule has 3 atom stereocenters. The Morgan fingerprint density at radius 3 is 2.64 bits per heavy atom. The van der Waals surface area contributed by atoms with Crippen molar-refractivity contribution in [3.63, 3.8) is 0 Å². The summed E-state index contributed by atoms with van der Waals surface area (Å²) >= 11 is 0. The molecule has 1 unspecified atom stereocenters. The number of phenols is 1. The molecule has 0 spiro atoms. The minimum atomic E-state index is -0.445. The van der Waals surface area contributed by atoms with Gasteiger partial charge in [0.1, 0.15) is 35.8 Å². The number of phenolic OH excluding ortho intramolecular Hbond substituents is 1. The third-order valence-corrected chi connectivity index (χ3v) is 7.25. The molecule has 2 heterocycles. The van der Waals surface area contributed by atoms with Crippen LogP contribution in [0, 0.1) is 11.7 Å². The Balaban J connectivity index is 1.38. The molecule has 1 saturated heterocycles. The number of ether oxygens (including phenoxy) is 2. The number of fused-ring (bicyclic) bond motifs is 1. The highest BCUT2D eigenvalue weighted by Crippen LogP contribution is 2.47. The summed E-state index contributed by atoms with van der Waals surface area (Å²) < 4.78 is 39.6. The van der Waals surface area contributed by atoms with Crippen molar-refractivity contribution < 1.29 is 23.4 Å². The molecule has 0 radical (unpaired) electrons. The number of likely N-dealkylation sites (tertiary alicyclic amines) is 1. The van der Waals surface area contributed by atoms with Crippen molar-refractivity contribution in [1.29, 1.82) is 0 Å². The van der Waals surface area contributed by atoms with Crippen molar-refractivity contribution in [2.45, 2.75) is 32.4 Å². The summed E-state index contributed by atoms with van der Waals surface area (Å²) in [6.07, 6.45) is 0.458. The minimum Gasteiger partial charge on any atom is -0.508 e. The highest BCUT2D eigenvalue weighted by molar-refractivity contribution is 5.95. The first-order chi connectivity index (χ1) is 17.4. The van der Waals surface area contributed by atoms with E-state index < -0.39 is 6.10 Å². The number of alkyl halides is 1. The summed E-state index contributed by atoms with van der Waals surface area (Å²) in [7, 11) is 0. The molecule has 188 valence electrons. The number of benzene rings is 3. The highest BCUT2D eigenvalue weighted by atomic mass is 19.1. The smallest absolute Gasteiger partial charge is 0.150 e. The van der Waals surface area contributed by atoms with Gasteiger partial charge in [-0.25, -0.2) is 4.39 Å². The van der Waals surface area contributed by atoms with Crippen LogP contribution in [0.4, 0.5) is 8.78 Å². The SMILES string of the molecule is CC1=C(c2cccc(F)c2)C(c2ccc(OC[C@H](C)N3CC[C@@H](CF)C3)cc2)Oc2ccc(O)cc21. The van der Waals surface area contributed by atoms with Gasteiger partial charge in [0, 0.05) is 29.6 Å². The lowest BCUT2D eigenvalue weighted by Crippen LogP contribution is -2.35. The minimum absolute atomic E-state index is 0.139. The fourth-order valence-corrected chi connectivity index (χ4v) is 5.15. The number of hydrogen-bond donors (Lipinski definition) is 1. The molecule has 1 fully saturated rings. The fourth-order valence-electron chi connectivity index (χ4n) is 5.15. The molecule has 36 heavy (non-hydrogen) atoms. The molecule has 0 amide bonds. The van der Waals surface area contributed by atoms with Gasteiger partial charge in [0.25, 0.3) is 0 Å². The van der Waals surface area contributed by atoms with Gasteiger partial charge in [-0.3, -0.25) is 9.29 Å². The molecular formula is C30H31F2NO3. The van der Waals surface area contributed by atoms with E-state index in [9.17, 15) is 13.9 Å². The quantitative estimate of drug-likeness (QED) is 0.402. The van der Waals surface area contributed by atoms with Crippen LogP contribution in [0.25, 0.3) is 11.1 Å². The third kappa shape index (κ3) is 4.96. The Bertz CT molecular complexity index is 1260. The molecule has 2 aliphatic heterocycles. The van der Waals surface area contributed by atoms with Crippen LogP contribution in [0.15, 0.2) is 66.7 Å². The van der Waals surface area contributed by atoms with Crippen molar-refractivity contribution in [2.75, 3.05) is 26.4 Å². The second-order valence-corrected chi connectivity index (χ2v) is 9.76. The zero-order valence-electron chi connectivity index (χ0n) is 20.6. The van der Waals surface area contributed by atoms with E-state index in [0.29, 0.717) is 12.4 Å². The van der Waals surface area contributed by atoms with Crippen molar-refractivity contribution in [2.24, 2.45) is 5.92 Å². The molecule has 0 aliphatic carbocycles. The summed E-state index contributed by atoms with van der Waals surface area (Å²) in [5.74, 6) is 1.39. The predicted molar refractivity (Wildman–Crippen MR) is 137 cm³/mol. The zero-order valence-corrected chi connectivity index (χ0v) is 20.6. The maximum Gasteiger partial charge on any atom is 0.150 e. The molecule has 6 heteroatoms. The van der Waals surface area contributed by atoms with E-state index >= 15 is 0 Å². The number of halogens is 2. The maximum atomic E-state index is 14.2. The van der Waals surface area contributed by atoms with Crippen molar-refractivity contribution in [1.82, 2.24) is 4.90 Å².